The standard InChI is InChI=1S/C25H22N6O2S/c26-23(27)19-10-12-20(13-11-19)29-25(33)22(18-4-2-1-3-5-18)24(32)28-14-16-6-8-17(9-7-16)21-15-34-31-30-21/h1-13,15,22H,14H2,(H3,26,27)(H,28,32)(H,29,33). The van der Waals surface area contributed by atoms with Crippen LogP contribution in [0.4, 0.5) is 5.69 Å². The number of aromatic nitrogens is 2. The monoisotopic (exact) mass is 470 g/mol. The Bertz CT molecular complexity index is 1270. The van der Waals surface area contributed by atoms with Gasteiger partial charge in [0.25, 0.3) is 0 Å². The number of nitrogens with one attached hydrogen (secondary N) is 3. The Balaban J connectivity index is 1.46. The van der Waals surface area contributed by atoms with Gasteiger partial charge in [-0.05, 0) is 46.9 Å². The fourth-order valence-corrected chi connectivity index (χ4v) is 3.86. The van der Waals surface area contributed by atoms with E-state index in [1.54, 1.807) is 48.5 Å². The van der Waals surface area contributed by atoms with Crippen molar-refractivity contribution in [2.75, 3.05) is 5.32 Å². The second-order valence-corrected chi connectivity index (χ2v) is 8.14. The van der Waals surface area contributed by atoms with Crippen LogP contribution in [-0.2, 0) is 16.1 Å². The molecule has 8 nitrogen and oxygen atoms in total. The zero-order chi connectivity index (χ0) is 23.9. The van der Waals surface area contributed by atoms with Crippen LogP contribution in [0.3, 0.4) is 0 Å². The van der Waals surface area contributed by atoms with Gasteiger partial charge in [-0.15, -0.1) is 5.10 Å². The highest BCUT2D eigenvalue weighted by atomic mass is 32.1. The van der Waals surface area contributed by atoms with Gasteiger partial charge in [0.2, 0.25) is 11.8 Å². The lowest BCUT2D eigenvalue weighted by atomic mass is 9.96. The van der Waals surface area contributed by atoms with E-state index in [1.807, 2.05) is 35.7 Å². The molecule has 0 aliphatic rings. The van der Waals surface area contributed by atoms with Crippen LogP contribution in [0.15, 0.2) is 84.2 Å². The van der Waals surface area contributed by atoms with Crippen molar-refractivity contribution in [3.05, 3.63) is 101 Å². The van der Waals surface area contributed by atoms with Crippen LogP contribution in [0, 0.1) is 5.41 Å². The van der Waals surface area contributed by atoms with E-state index in [0.29, 0.717) is 16.8 Å². The molecule has 170 valence electrons. The lowest BCUT2D eigenvalue weighted by Gasteiger charge is -2.17. The number of benzene rings is 3. The maximum atomic E-state index is 13.1. The SMILES string of the molecule is N=C(N)c1ccc(NC(=O)C(C(=O)NCc2ccc(-c3csnn3)cc2)c2ccccc2)cc1. The first kappa shape index (κ1) is 22.8. The first-order chi connectivity index (χ1) is 16.5. The van der Waals surface area contributed by atoms with E-state index in [2.05, 4.69) is 20.2 Å². The van der Waals surface area contributed by atoms with Gasteiger partial charge in [-0.25, -0.2) is 0 Å². The van der Waals surface area contributed by atoms with Crippen molar-refractivity contribution < 1.29 is 9.59 Å². The smallest absolute Gasteiger partial charge is 0.241 e. The number of carbonyl (C=O) groups is 2. The molecule has 5 N–H and O–H groups in total. The van der Waals surface area contributed by atoms with Crippen LogP contribution in [0.1, 0.15) is 22.6 Å². The summed E-state index contributed by atoms with van der Waals surface area (Å²) < 4.78 is 3.87. The number of nitrogen functional groups attached to an aromatic ring is 1. The molecule has 0 aliphatic carbocycles. The fraction of sp³-hybridized carbons (Fsp3) is 0.0800. The maximum Gasteiger partial charge on any atom is 0.241 e. The Morgan fingerprint density at radius 1 is 0.941 bits per heavy atom. The zero-order valence-corrected chi connectivity index (χ0v) is 18.9. The Hall–Kier alpha value is -4.37. The van der Waals surface area contributed by atoms with Crippen molar-refractivity contribution in [1.82, 2.24) is 14.9 Å². The number of rotatable bonds is 8. The van der Waals surface area contributed by atoms with Gasteiger partial charge < -0.3 is 16.4 Å². The number of hydrogen-bond acceptors (Lipinski definition) is 6. The molecule has 4 rings (SSSR count). The third-order valence-electron chi connectivity index (χ3n) is 5.20. The van der Waals surface area contributed by atoms with Gasteiger partial charge in [0.15, 0.2) is 0 Å². The number of amidine groups is 1. The molecule has 9 heteroatoms. The number of carbonyl (C=O) groups excluding carboxylic acids is 2. The Labute approximate surface area is 200 Å². The Morgan fingerprint density at radius 3 is 2.26 bits per heavy atom. The van der Waals surface area contributed by atoms with E-state index in [9.17, 15) is 9.59 Å². The second kappa shape index (κ2) is 10.5. The molecule has 0 saturated heterocycles. The summed E-state index contributed by atoms with van der Waals surface area (Å²) in [5.41, 5.74) is 9.77. The minimum absolute atomic E-state index is 0.0595. The largest absolute Gasteiger partial charge is 0.384 e. The minimum Gasteiger partial charge on any atom is -0.384 e. The zero-order valence-electron chi connectivity index (χ0n) is 18.1. The molecule has 34 heavy (non-hydrogen) atoms. The van der Waals surface area contributed by atoms with Crippen LogP contribution in [-0.4, -0.2) is 27.2 Å². The fourth-order valence-electron chi connectivity index (χ4n) is 3.39. The number of amides is 2. The predicted molar refractivity (Wildman–Crippen MR) is 132 cm³/mol. The Kier molecular flexibility index (Phi) is 7.04. The number of nitrogens with zero attached hydrogens (tertiary/aromatic N) is 2. The molecule has 0 saturated carbocycles. The minimum atomic E-state index is -1.03. The summed E-state index contributed by atoms with van der Waals surface area (Å²) in [5, 5.41) is 19.1. The summed E-state index contributed by atoms with van der Waals surface area (Å²) in [4.78, 5) is 26.2. The van der Waals surface area contributed by atoms with E-state index < -0.39 is 17.7 Å². The molecule has 3 aromatic carbocycles. The average molecular weight is 471 g/mol. The molecule has 0 bridgehead atoms. The molecule has 4 aromatic rings. The van der Waals surface area contributed by atoms with Gasteiger partial charge >= 0.3 is 0 Å². The van der Waals surface area contributed by atoms with Crippen LogP contribution in [0.25, 0.3) is 11.3 Å². The molecular formula is C25H22N6O2S. The van der Waals surface area contributed by atoms with Gasteiger partial charge in [-0.2, -0.15) is 0 Å². The number of nitrogens with two attached hydrogens (primary N) is 1. The molecule has 2 amide bonds. The molecule has 1 aromatic heterocycles. The quantitative estimate of drug-likeness (QED) is 0.178. The van der Waals surface area contributed by atoms with Crippen molar-refractivity contribution in [1.29, 1.82) is 5.41 Å². The van der Waals surface area contributed by atoms with E-state index >= 15 is 0 Å². The maximum absolute atomic E-state index is 13.1. The summed E-state index contributed by atoms with van der Waals surface area (Å²) in [5.74, 6) is -1.95. The Morgan fingerprint density at radius 2 is 1.65 bits per heavy atom. The summed E-state index contributed by atoms with van der Waals surface area (Å²) in [6, 6.07) is 23.1. The van der Waals surface area contributed by atoms with Gasteiger partial charge in [0, 0.05) is 28.7 Å². The van der Waals surface area contributed by atoms with Crippen LogP contribution in [0.2, 0.25) is 0 Å². The van der Waals surface area contributed by atoms with Gasteiger partial charge in [-0.1, -0.05) is 59.1 Å². The van der Waals surface area contributed by atoms with Crippen molar-refractivity contribution in [3.8, 4) is 11.3 Å². The molecule has 1 unspecified atom stereocenters. The summed E-state index contributed by atoms with van der Waals surface area (Å²) in [6.45, 7) is 0.276. The summed E-state index contributed by atoms with van der Waals surface area (Å²) in [7, 11) is 0. The molecule has 0 radical (unpaired) electrons. The highest BCUT2D eigenvalue weighted by molar-refractivity contribution is 7.03. The summed E-state index contributed by atoms with van der Waals surface area (Å²) >= 11 is 1.29. The van der Waals surface area contributed by atoms with E-state index in [1.165, 1.54) is 11.5 Å². The van der Waals surface area contributed by atoms with Crippen molar-refractivity contribution in [2.45, 2.75) is 12.5 Å². The molecule has 0 spiro atoms. The summed E-state index contributed by atoms with van der Waals surface area (Å²) in [6.07, 6.45) is 0. The highest BCUT2D eigenvalue weighted by Crippen LogP contribution is 2.21. The van der Waals surface area contributed by atoms with E-state index in [0.717, 1.165) is 16.8 Å². The molecular weight excluding hydrogens is 448 g/mol. The highest BCUT2D eigenvalue weighted by Gasteiger charge is 2.28. The lowest BCUT2D eigenvalue weighted by molar-refractivity contribution is -0.129. The lowest BCUT2D eigenvalue weighted by Crippen LogP contribution is -2.36. The molecule has 1 heterocycles. The first-order valence-corrected chi connectivity index (χ1v) is 11.3. The second-order valence-electron chi connectivity index (χ2n) is 7.53. The van der Waals surface area contributed by atoms with Crippen molar-refractivity contribution in [2.24, 2.45) is 5.73 Å². The van der Waals surface area contributed by atoms with Gasteiger partial charge in [0.1, 0.15) is 17.4 Å². The number of hydrogen-bond donors (Lipinski definition) is 4. The molecule has 0 fully saturated rings. The number of anilines is 1. The van der Waals surface area contributed by atoms with E-state index in [4.69, 9.17) is 11.1 Å². The van der Waals surface area contributed by atoms with Crippen LogP contribution in [0.5, 0.6) is 0 Å². The third kappa shape index (κ3) is 5.51. The normalized spacial score (nSPS) is 11.4. The van der Waals surface area contributed by atoms with Crippen LogP contribution < -0.4 is 16.4 Å². The van der Waals surface area contributed by atoms with Crippen molar-refractivity contribution in [3.63, 3.8) is 0 Å². The van der Waals surface area contributed by atoms with Gasteiger partial charge in [0.05, 0.1) is 0 Å². The molecule has 0 aliphatic heterocycles. The van der Waals surface area contributed by atoms with Crippen molar-refractivity contribution >= 4 is 34.9 Å². The van der Waals surface area contributed by atoms with Crippen LogP contribution >= 0.6 is 11.5 Å². The predicted octanol–water partition coefficient (Wildman–Crippen LogP) is 3.53. The molecule has 1 atom stereocenters. The van der Waals surface area contributed by atoms with Gasteiger partial charge in [-0.3, -0.25) is 15.0 Å². The average Bonchev–Trinajstić information content (AvgIpc) is 3.39. The topological polar surface area (TPSA) is 134 Å². The first-order valence-electron chi connectivity index (χ1n) is 10.5. The third-order valence-corrected chi connectivity index (χ3v) is 5.70. The van der Waals surface area contributed by atoms with E-state index in [-0.39, 0.29) is 12.4 Å².